The molecule has 4 rings (SSSR count). The van der Waals surface area contributed by atoms with E-state index in [0.717, 1.165) is 6.42 Å². The van der Waals surface area contributed by atoms with Crippen molar-refractivity contribution in [1.82, 2.24) is 10.2 Å². The van der Waals surface area contributed by atoms with Gasteiger partial charge in [0.15, 0.2) is 0 Å². The molecule has 2 fully saturated rings. The predicted molar refractivity (Wildman–Crippen MR) is 76.2 cm³/mol. The lowest BCUT2D eigenvalue weighted by atomic mass is 9.70. The van der Waals surface area contributed by atoms with Gasteiger partial charge in [0.2, 0.25) is 0 Å². The van der Waals surface area contributed by atoms with E-state index in [1.165, 1.54) is 42.6 Å². The lowest BCUT2D eigenvalue weighted by Gasteiger charge is -2.33. The van der Waals surface area contributed by atoms with Crippen molar-refractivity contribution in [3.05, 3.63) is 23.0 Å². The van der Waals surface area contributed by atoms with Gasteiger partial charge in [-0.25, -0.2) is 0 Å². The lowest BCUT2D eigenvalue weighted by molar-refractivity contribution is 0.226. The summed E-state index contributed by atoms with van der Waals surface area (Å²) in [6, 6.07) is 2.39. The Hall–Kier alpha value is -0.920. The molecule has 3 aliphatic rings. The van der Waals surface area contributed by atoms with Crippen LogP contribution < -0.4 is 0 Å². The molecule has 1 aromatic rings. The van der Waals surface area contributed by atoms with Crippen molar-refractivity contribution in [2.75, 3.05) is 0 Å². The maximum absolute atomic E-state index is 4.67. The summed E-state index contributed by atoms with van der Waals surface area (Å²) in [5, 5.41) is 9.23. The Kier molecular flexibility index (Phi) is 2.01. The molecule has 2 nitrogen and oxygen atoms in total. The van der Waals surface area contributed by atoms with Crippen molar-refractivity contribution in [3.63, 3.8) is 0 Å². The van der Waals surface area contributed by atoms with Crippen LogP contribution in [0, 0.1) is 10.8 Å². The van der Waals surface area contributed by atoms with Crippen LogP contribution in [0.3, 0.4) is 0 Å². The molecular weight excluding hydrogens is 232 g/mol. The summed E-state index contributed by atoms with van der Waals surface area (Å²) in [5.41, 5.74) is 5.19. The van der Waals surface area contributed by atoms with Crippen LogP contribution in [-0.4, -0.2) is 10.2 Å². The van der Waals surface area contributed by atoms with E-state index in [4.69, 9.17) is 0 Å². The zero-order chi connectivity index (χ0) is 13.5. The van der Waals surface area contributed by atoms with Crippen molar-refractivity contribution >= 4 is 0 Å². The van der Waals surface area contributed by atoms with Gasteiger partial charge in [-0.3, -0.25) is 0 Å². The summed E-state index contributed by atoms with van der Waals surface area (Å²) in [4.78, 5) is 0. The lowest BCUT2D eigenvalue weighted by Crippen LogP contribution is -2.32. The van der Waals surface area contributed by atoms with Gasteiger partial charge < -0.3 is 0 Å². The first-order chi connectivity index (χ1) is 8.86. The number of nitrogens with zero attached hydrogens (tertiary/aromatic N) is 2. The number of rotatable bonds is 2. The summed E-state index contributed by atoms with van der Waals surface area (Å²) >= 11 is 0. The Labute approximate surface area is 116 Å². The van der Waals surface area contributed by atoms with Crippen molar-refractivity contribution < 1.29 is 0 Å². The zero-order valence-corrected chi connectivity index (χ0v) is 12.6. The molecule has 0 unspecified atom stereocenters. The van der Waals surface area contributed by atoms with E-state index >= 15 is 0 Å². The average molecular weight is 256 g/mol. The minimum Gasteiger partial charge on any atom is -0.155 e. The standard InChI is InChI=1S/C17H24N2/c1-15(2)13-5-6-17(15,4)14-12(13)9-11(18-19-14)10-16(3)7-8-16/h9,13H,5-8,10H2,1-4H3/t13-,17-/m0/s1. The van der Waals surface area contributed by atoms with Crippen LogP contribution >= 0.6 is 0 Å². The van der Waals surface area contributed by atoms with Crippen molar-refractivity contribution in [2.24, 2.45) is 10.8 Å². The van der Waals surface area contributed by atoms with Crippen LogP contribution in [-0.2, 0) is 11.8 Å². The van der Waals surface area contributed by atoms with Crippen LogP contribution in [0.15, 0.2) is 6.07 Å². The van der Waals surface area contributed by atoms with Crippen molar-refractivity contribution in [1.29, 1.82) is 0 Å². The molecule has 1 heterocycles. The molecule has 3 aliphatic carbocycles. The van der Waals surface area contributed by atoms with Crippen LogP contribution in [0.2, 0.25) is 0 Å². The fourth-order valence-corrected chi connectivity index (χ4v) is 4.53. The van der Waals surface area contributed by atoms with Crippen molar-refractivity contribution in [3.8, 4) is 0 Å². The first kappa shape index (κ1) is 11.9. The van der Waals surface area contributed by atoms with E-state index in [1.54, 1.807) is 0 Å². The summed E-state index contributed by atoms with van der Waals surface area (Å²) < 4.78 is 0. The molecule has 0 spiro atoms. The molecule has 102 valence electrons. The molecule has 0 aromatic carbocycles. The minimum absolute atomic E-state index is 0.252. The summed E-state index contributed by atoms with van der Waals surface area (Å²) in [5.74, 6) is 0.703. The van der Waals surface area contributed by atoms with Gasteiger partial charge in [0.05, 0.1) is 11.4 Å². The van der Waals surface area contributed by atoms with Crippen LogP contribution in [0.1, 0.15) is 76.2 Å². The number of hydrogen-bond acceptors (Lipinski definition) is 2. The second kappa shape index (κ2) is 3.21. The Balaban J connectivity index is 1.77. The predicted octanol–water partition coefficient (Wildman–Crippen LogP) is 3.99. The molecule has 0 amide bonds. The Morgan fingerprint density at radius 1 is 1.11 bits per heavy atom. The molecule has 1 aromatic heterocycles. The second-order valence-corrected chi connectivity index (χ2v) is 8.27. The summed E-state index contributed by atoms with van der Waals surface area (Å²) in [7, 11) is 0. The maximum atomic E-state index is 4.67. The third kappa shape index (κ3) is 1.38. The molecule has 0 radical (unpaired) electrons. The maximum Gasteiger partial charge on any atom is 0.0730 e. The van der Waals surface area contributed by atoms with Gasteiger partial charge in [0.25, 0.3) is 0 Å². The molecule has 0 N–H and O–H groups in total. The molecule has 2 heteroatoms. The fourth-order valence-electron chi connectivity index (χ4n) is 4.53. The average Bonchev–Trinajstić information content (AvgIpc) is 2.97. The molecule has 2 bridgehead atoms. The van der Waals surface area contributed by atoms with Crippen molar-refractivity contribution in [2.45, 2.75) is 71.1 Å². The van der Waals surface area contributed by atoms with E-state index in [0.29, 0.717) is 16.7 Å². The number of fused-ring (bicyclic) bond motifs is 5. The van der Waals surface area contributed by atoms with Crippen LogP contribution in [0.4, 0.5) is 0 Å². The highest BCUT2D eigenvalue weighted by molar-refractivity contribution is 5.45. The first-order valence-corrected chi connectivity index (χ1v) is 7.73. The highest BCUT2D eigenvalue weighted by Gasteiger charge is 2.60. The van der Waals surface area contributed by atoms with Gasteiger partial charge in [0.1, 0.15) is 0 Å². The first-order valence-electron chi connectivity index (χ1n) is 7.73. The highest BCUT2D eigenvalue weighted by Crippen LogP contribution is 2.67. The van der Waals surface area contributed by atoms with Gasteiger partial charge in [-0.2, -0.15) is 10.2 Å². The monoisotopic (exact) mass is 256 g/mol. The van der Waals surface area contributed by atoms with Gasteiger partial charge in [-0.1, -0.05) is 27.7 Å². The molecule has 0 saturated heterocycles. The van der Waals surface area contributed by atoms with Crippen LogP contribution in [0.5, 0.6) is 0 Å². The fraction of sp³-hybridized carbons (Fsp3) is 0.765. The van der Waals surface area contributed by atoms with Gasteiger partial charge >= 0.3 is 0 Å². The molecule has 2 saturated carbocycles. The SMILES string of the molecule is CC1(Cc2cc3c(nn2)[C@]2(C)CC[C@@H]3C2(C)C)CC1. The normalized spacial score (nSPS) is 36.3. The highest BCUT2D eigenvalue weighted by atomic mass is 15.1. The van der Waals surface area contributed by atoms with E-state index in [1.807, 2.05) is 0 Å². The smallest absolute Gasteiger partial charge is 0.0730 e. The number of aromatic nitrogens is 2. The summed E-state index contributed by atoms with van der Waals surface area (Å²) in [6.45, 7) is 9.62. The van der Waals surface area contributed by atoms with Gasteiger partial charge in [-0.05, 0) is 60.5 Å². The van der Waals surface area contributed by atoms with Gasteiger partial charge in [-0.15, -0.1) is 0 Å². The van der Waals surface area contributed by atoms with E-state index in [9.17, 15) is 0 Å². The van der Waals surface area contributed by atoms with Gasteiger partial charge in [0, 0.05) is 5.41 Å². The topological polar surface area (TPSA) is 25.8 Å². The molecule has 0 aliphatic heterocycles. The molecule has 19 heavy (non-hydrogen) atoms. The second-order valence-electron chi connectivity index (χ2n) is 8.27. The number of hydrogen-bond donors (Lipinski definition) is 0. The molecular formula is C17H24N2. The van der Waals surface area contributed by atoms with E-state index < -0.39 is 0 Å². The van der Waals surface area contributed by atoms with E-state index in [-0.39, 0.29) is 5.41 Å². The third-order valence-electron chi connectivity index (χ3n) is 6.71. The molecule has 2 atom stereocenters. The largest absolute Gasteiger partial charge is 0.155 e. The Bertz CT molecular complexity index is 556. The zero-order valence-electron chi connectivity index (χ0n) is 12.6. The third-order valence-corrected chi connectivity index (χ3v) is 6.71. The minimum atomic E-state index is 0.252. The van der Waals surface area contributed by atoms with E-state index in [2.05, 4.69) is 44.0 Å². The Morgan fingerprint density at radius 3 is 2.53 bits per heavy atom. The quantitative estimate of drug-likeness (QED) is 0.799. The Morgan fingerprint density at radius 2 is 1.84 bits per heavy atom. The summed E-state index contributed by atoms with van der Waals surface area (Å²) in [6.07, 6.45) is 6.45. The van der Waals surface area contributed by atoms with Crippen LogP contribution in [0.25, 0.3) is 0 Å².